The Labute approximate surface area is 152 Å². The van der Waals surface area contributed by atoms with Crippen LogP contribution in [0.4, 0.5) is 5.82 Å². The zero-order chi connectivity index (χ0) is 18.7. The van der Waals surface area contributed by atoms with Crippen LogP contribution in [0.2, 0.25) is 0 Å². The minimum Gasteiger partial charge on any atom is -0.394 e. The van der Waals surface area contributed by atoms with E-state index in [1.807, 2.05) is 24.1 Å². The van der Waals surface area contributed by atoms with Crippen molar-refractivity contribution in [3.8, 4) is 11.4 Å². The SMILES string of the molecule is CC(=O)N1CCc2c(nc(-c3cccnc3)nc2N(C)CC(O)CO)C1. The third-order valence-corrected chi connectivity index (χ3v) is 4.47. The topological polar surface area (TPSA) is 103 Å². The van der Waals surface area contributed by atoms with Gasteiger partial charge in [-0.1, -0.05) is 0 Å². The molecule has 0 bridgehead atoms. The summed E-state index contributed by atoms with van der Waals surface area (Å²) >= 11 is 0. The maximum atomic E-state index is 11.8. The summed E-state index contributed by atoms with van der Waals surface area (Å²) in [6, 6.07) is 3.70. The average molecular weight is 357 g/mol. The summed E-state index contributed by atoms with van der Waals surface area (Å²) < 4.78 is 0. The van der Waals surface area contributed by atoms with Gasteiger partial charge in [-0.15, -0.1) is 0 Å². The summed E-state index contributed by atoms with van der Waals surface area (Å²) in [4.78, 5) is 28.8. The fraction of sp³-hybridized carbons (Fsp3) is 0.444. The minimum atomic E-state index is -0.857. The van der Waals surface area contributed by atoms with Crippen LogP contribution in [0, 0.1) is 0 Å². The van der Waals surface area contributed by atoms with Crippen LogP contribution in [0.1, 0.15) is 18.2 Å². The molecule has 3 rings (SSSR count). The van der Waals surface area contributed by atoms with E-state index in [0.29, 0.717) is 31.2 Å². The number of fused-ring (bicyclic) bond motifs is 1. The second kappa shape index (κ2) is 7.76. The van der Waals surface area contributed by atoms with Crippen LogP contribution in [0.3, 0.4) is 0 Å². The van der Waals surface area contributed by atoms with Gasteiger partial charge in [-0.25, -0.2) is 9.97 Å². The molecule has 8 heteroatoms. The normalized spacial score (nSPS) is 14.7. The van der Waals surface area contributed by atoms with Gasteiger partial charge in [0.2, 0.25) is 5.91 Å². The Bertz CT molecular complexity index is 784. The molecule has 1 atom stereocenters. The van der Waals surface area contributed by atoms with Gasteiger partial charge < -0.3 is 20.0 Å². The number of carbonyl (C=O) groups excluding carboxylic acids is 1. The second-order valence-electron chi connectivity index (χ2n) is 6.45. The van der Waals surface area contributed by atoms with Gasteiger partial charge in [0.25, 0.3) is 0 Å². The highest BCUT2D eigenvalue weighted by molar-refractivity contribution is 5.74. The quantitative estimate of drug-likeness (QED) is 0.790. The molecule has 8 nitrogen and oxygen atoms in total. The monoisotopic (exact) mass is 357 g/mol. The first kappa shape index (κ1) is 18.2. The van der Waals surface area contributed by atoms with E-state index >= 15 is 0 Å². The molecule has 1 aliphatic rings. The molecule has 0 saturated heterocycles. The highest BCUT2D eigenvalue weighted by Crippen LogP contribution is 2.29. The van der Waals surface area contributed by atoms with Gasteiger partial charge in [-0.3, -0.25) is 9.78 Å². The molecule has 0 spiro atoms. The lowest BCUT2D eigenvalue weighted by Crippen LogP contribution is -2.37. The maximum Gasteiger partial charge on any atom is 0.219 e. The lowest BCUT2D eigenvalue weighted by molar-refractivity contribution is -0.129. The Kier molecular flexibility index (Phi) is 5.43. The van der Waals surface area contributed by atoms with Crippen molar-refractivity contribution >= 4 is 11.7 Å². The standard InChI is InChI=1S/C18H23N5O3/c1-12(25)23-7-5-15-16(10-23)20-17(13-4-3-6-19-8-13)21-18(15)22(2)9-14(26)11-24/h3-4,6,8,14,24,26H,5,7,9-11H2,1-2H3. The molecule has 1 aliphatic heterocycles. The Hall–Kier alpha value is -2.58. The van der Waals surface area contributed by atoms with Crippen molar-refractivity contribution in [1.82, 2.24) is 19.9 Å². The number of rotatable bonds is 5. The lowest BCUT2D eigenvalue weighted by atomic mass is 10.0. The highest BCUT2D eigenvalue weighted by Gasteiger charge is 2.26. The van der Waals surface area contributed by atoms with Crippen LogP contribution in [0.5, 0.6) is 0 Å². The lowest BCUT2D eigenvalue weighted by Gasteiger charge is -2.31. The fourth-order valence-electron chi connectivity index (χ4n) is 3.08. The van der Waals surface area contributed by atoms with Crippen molar-refractivity contribution < 1.29 is 15.0 Å². The molecule has 1 amide bonds. The fourth-order valence-corrected chi connectivity index (χ4v) is 3.08. The number of carbonyl (C=O) groups is 1. The van der Waals surface area contributed by atoms with E-state index in [0.717, 1.165) is 16.8 Å². The molecule has 138 valence electrons. The van der Waals surface area contributed by atoms with Gasteiger partial charge in [0.05, 0.1) is 24.9 Å². The predicted molar refractivity (Wildman–Crippen MR) is 96.4 cm³/mol. The third kappa shape index (κ3) is 3.81. The molecular formula is C18H23N5O3. The van der Waals surface area contributed by atoms with E-state index in [9.17, 15) is 9.90 Å². The average Bonchev–Trinajstić information content (AvgIpc) is 2.67. The highest BCUT2D eigenvalue weighted by atomic mass is 16.3. The summed E-state index contributed by atoms with van der Waals surface area (Å²) in [5.74, 6) is 1.26. The smallest absolute Gasteiger partial charge is 0.219 e. The van der Waals surface area contributed by atoms with Gasteiger partial charge in [-0.2, -0.15) is 0 Å². The Morgan fingerprint density at radius 1 is 1.42 bits per heavy atom. The Morgan fingerprint density at radius 3 is 2.88 bits per heavy atom. The van der Waals surface area contributed by atoms with Crippen molar-refractivity contribution in [2.75, 3.05) is 31.6 Å². The number of aromatic nitrogens is 3. The summed E-state index contributed by atoms with van der Waals surface area (Å²) in [5.41, 5.74) is 2.57. The summed E-state index contributed by atoms with van der Waals surface area (Å²) in [5, 5.41) is 18.9. The van der Waals surface area contributed by atoms with E-state index in [1.165, 1.54) is 0 Å². The number of amides is 1. The molecule has 0 saturated carbocycles. The van der Waals surface area contributed by atoms with Crippen molar-refractivity contribution in [2.24, 2.45) is 0 Å². The van der Waals surface area contributed by atoms with E-state index in [1.54, 1.807) is 24.2 Å². The maximum absolute atomic E-state index is 11.8. The van der Waals surface area contributed by atoms with Gasteiger partial charge in [-0.05, 0) is 18.6 Å². The predicted octanol–water partition coefficient (Wildman–Crippen LogP) is 0.233. The van der Waals surface area contributed by atoms with E-state index in [4.69, 9.17) is 10.1 Å². The summed E-state index contributed by atoms with van der Waals surface area (Å²) in [6.07, 6.45) is 3.17. The first-order valence-electron chi connectivity index (χ1n) is 8.55. The van der Waals surface area contributed by atoms with Gasteiger partial charge in [0, 0.05) is 50.6 Å². The zero-order valence-corrected chi connectivity index (χ0v) is 15.0. The van der Waals surface area contributed by atoms with Crippen molar-refractivity contribution in [1.29, 1.82) is 0 Å². The number of nitrogens with zero attached hydrogens (tertiary/aromatic N) is 5. The van der Waals surface area contributed by atoms with Crippen LogP contribution in [0.25, 0.3) is 11.4 Å². The number of pyridine rings is 1. The van der Waals surface area contributed by atoms with Crippen molar-refractivity contribution in [3.05, 3.63) is 35.8 Å². The van der Waals surface area contributed by atoms with Gasteiger partial charge in [0.1, 0.15) is 5.82 Å². The summed E-state index contributed by atoms with van der Waals surface area (Å²) in [6.45, 7) is 2.54. The van der Waals surface area contributed by atoms with Gasteiger partial charge in [0.15, 0.2) is 5.82 Å². The van der Waals surface area contributed by atoms with Crippen molar-refractivity contribution in [3.63, 3.8) is 0 Å². The molecular weight excluding hydrogens is 334 g/mol. The molecule has 0 fully saturated rings. The second-order valence-corrected chi connectivity index (χ2v) is 6.45. The van der Waals surface area contributed by atoms with Crippen LogP contribution in [-0.4, -0.2) is 68.8 Å². The molecule has 26 heavy (non-hydrogen) atoms. The minimum absolute atomic E-state index is 0.0165. The number of aliphatic hydroxyl groups excluding tert-OH is 2. The molecule has 0 aromatic carbocycles. The van der Waals surface area contributed by atoms with E-state index in [-0.39, 0.29) is 19.1 Å². The molecule has 1 unspecified atom stereocenters. The van der Waals surface area contributed by atoms with Crippen LogP contribution in [0.15, 0.2) is 24.5 Å². The number of likely N-dealkylation sites (N-methyl/N-ethyl adjacent to an activating group) is 1. The first-order valence-corrected chi connectivity index (χ1v) is 8.55. The molecule has 0 aliphatic carbocycles. The van der Waals surface area contributed by atoms with Gasteiger partial charge >= 0.3 is 0 Å². The zero-order valence-electron chi connectivity index (χ0n) is 15.0. The summed E-state index contributed by atoms with van der Waals surface area (Å²) in [7, 11) is 1.83. The van der Waals surface area contributed by atoms with Crippen molar-refractivity contribution in [2.45, 2.75) is 26.0 Å². The molecule has 2 aromatic rings. The number of hydrogen-bond donors (Lipinski definition) is 2. The van der Waals surface area contributed by atoms with Crippen LogP contribution in [-0.2, 0) is 17.8 Å². The third-order valence-electron chi connectivity index (χ3n) is 4.47. The largest absolute Gasteiger partial charge is 0.394 e. The first-order chi connectivity index (χ1) is 12.5. The molecule has 0 radical (unpaired) electrons. The van der Waals surface area contributed by atoms with E-state index in [2.05, 4.69) is 9.97 Å². The van der Waals surface area contributed by atoms with E-state index < -0.39 is 6.10 Å². The number of aliphatic hydroxyl groups is 2. The molecule has 3 heterocycles. The molecule has 2 N–H and O–H groups in total. The molecule has 2 aromatic heterocycles. The van der Waals surface area contributed by atoms with Crippen LogP contribution >= 0.6 is 0 Å². The Balaban J connectivity index is 2.04. The Morgan fingerprint density at radius 2 is 2.23 bits per heavy atom. The number of hydrogen-bond acceptors (Lipinski definition) is 7. The number of anilines is 1. The van der Waals surface area contributed by atoms with Crippen LogP contribution < -0.4 is 4.90 Å².